The van der Waals surface area contributed by atoms with Crippen LogP contribution in [0.2, 0.25) is 0 Å². The molecule has 10 atom stereocenters. The maximum Gasteiger partial charge on any atom is 0.316 e. The normalized spacial score (nSPS) is 28.2. The topological polar surface area (TPSA) is 274 Å². The van der Waals surface area contributed by atoms with Crippen molar-refractivity contribution < 1.29 is 116 Å². The first-order chi connectivity index (χ1) is 33.4. The van der Waals surface area contributed by atoms with E-state index in [1.807, 2.05) is 0 Å². The molecule has 0 amide bonds. The minimum absolute atomic E-state index is 0.377. The van der Waals surface area contributed by atoms with Crippen LogP contribution in [0.25, 0.3) is 0 Å². The summed E-state index contributed by atoms with van der Waals surface area (Å²) in [4.78, 5) is 114. The molecular formula is C40H52O22. The molecule has 2 aliphatic rings. The fourth-order valence-electron chi connectivity index (χ4n) is 5.95. The van der Waals surface area contributed by atoms with Gasteiger partial charge >= 0.3 is 53.7 Å². The molecule has 2 aliphatic heterocycles. The van der Waals surface area contributed by atoms with Crippen molar-refractivity contribution in [2.45, 2.75) is 130 Å². The Bertz CT molecular complexity index is 1830. The van der Waals surface area contributed by atoms with Gasteiger partial charge in [-0.3, -0.25) is 43.2 Å². The Kier molecular flexibility index (Phi) is 14.8. The third kappa shape index (κ3) is 15.6. The van der Waals surface area contributed by atoms with Gasteiger partial charge in [-0.15, -0.1) is 0 Å². The van der Waals surface area contributed by atoms with Gasteiger partial charge in [0.1, 0.15) is 37.4 Å². The van der Waals surface area contributed by atoms with Gasteiger partial charge in [0, 0.05) is 66.2 Å². The number of hydrogen-bond acceptors (Lipinski definition) is 22. The van der Waals surface area contributed by atoms with Crippen LogP contribution in [-0.2, 0) is 111 Å². The van der Waals surface area contributed by atoms with Crippen molar-refractivity contribution in [1.82, 2.24) is 0 Å². The van der Waals surface area contributed by atoms with E-state index in [0.29, 0.717) is 5.56 Å². The van der Waals surface area contributed by atoms with E-state index in [2.05, 4.69) is 0 Å². The van der Waals surface area contributed by atoms with Crippen molar-refractivity contribution in [1.29, 1.82) is 0 Å². The van der Waals surface area contributed by atoms with Crippen LogP contribution in [0, 0.1) is 5.41 Å². The van der Waals surface area contributed by atoms with Gasteiger partial charge in [-0.2, -0.15) is 0 Å². The maximum atomic E-state index is 14.3. The van der Waals surface area contributed by atoms with Crippen molar-refractivity contribution in [2.75, 3.05) is 26.4 Å². The third-order valence-corrected chi connectivity index (χ3v) is 8.44. The second-order valence-electron chi connectivity index (χ2n) is 13.4. The zero-order chi connectivity index (χ0) is 52.0. The minimum Gasteiger partial charge on any atom is -0.463 e. The van der Waals surface area contributed by atoms with Crippen LogP contribution >= 0.6 is 0 Å². The number of esters is 9. The molecule has 22 nitrogen and oxygen atoms in total. The molecule has 3 rings (SSSR count). The molecule has 0 aliphatic carbocycles. The zero-order valence-corrected chi connectivity index (χ0v) is 33.3. The number of rotatable bonds is 19. The molecule has 22 heteroatoms. The predicted molar refractivity (Wildman–Crippen MR) is 200 cm³/mol. The lowest BCUT2D eigenvalue weighted by atomic mass is 9.92. The van der Waals surface area contributed by atoms with E-state index < -0.39 is 202 Å². The molecule has 344 valence electrons. The Morgan fingerprint density at radius 1 is 0.500 bits per heavy atom. The molecule has 0 spiro atoms. The standard InChI is InChI=1S/C40H52O22/c1-20(41)50-16-29-31(55-22(3)43)33(57-24(5)45)35(59-26(7)47)37(61-29)53-18-40(9,39(49)52-15-28-13-11-10-12-14-28)19-54-38-36(60-27(8)48)34(58-25(6)46)32(56-23(4)44)30(62-38)17-51-21(2)42/h10-14,29-38H,15-19H2,1-9H3/t29-,30-,31-,32-,33+,34+,35-,36-,37?,38?,40?/m1/s1/i1D,2D,3D,4D,5D,6D,7D,8D. The number of carbonyl (C=O) groups excluding carboxylic acids is 9. The summed E-state index contributed by atoms with van der Waals surface area (Å²) in [6.07, 6.45) is -19.3. The van der Waals surface area contributed by atoms with Gasteiger partial charge < -0.3 is 61.6 Å². The Balaban J connectivity index is 2.18. The quantitative estimate of drug-likeness (QED) is 0.138. The summed E-state index contributed by atoms with van der Waals surface area (Å²) in [7, 11) is 0. The first-order valence-electron chi connectivity index (χ1n) is 23.6. The molecule has 2 unspecified atom stereocenters. The summed E-state index contributed by atoms with van der Waals surface area (Å²) in [6.45, 7) is -10.9. The number of hydrogen-bond donors (Lipinski definition) is 0. The largest absolute Gasteiger partial charge is 0.463 e. The van der Waals surface area contributed by atoms with E-state index in [0.717, 1.165) is 0 Å². The van der Waals surface area contributed by atoms with E-state index >= 15 is 0 Å². The monoisotopic (exact) mass is 892 g/mol. The van der Waals surface area contributed by atoms with Crippen molar-refractivity contribution in [3.05, 3.63) is 35.9 Å². The van der Waals surface area contributed by atoms with Crippen LogP contribution in [0.1, 0.15) is 78.7 Å². The van der Waals surface area contributed by atoms with Crippen molar-refractivity contribution >= 4 is 53.7 Å². The Hall–Kier alpha value is -5.71. The summed E-state index contributed by atoms with van der Waals surface area (Å²) < 4.78 is 132. The summed E-state index contributed by atoms with van der Waals surface area (Å²) in [6, 6.07) is 8.16. The van der Waals surface area contributed by atoms with Gasteiger partial charge in [0.15, 0.2) is 49.2 Å². The lowest BCUT2D eigenvalue weighted by Gasteiger charge is -2.45. The van der Waals surface area contributed by atoms with E-state index in [9.17, 15) is 43.2 Å². The van der Waals surface area contributed by atoms with Gasteiger partial charge in [-0.25, -0.2) is 0 Å². The molecule has 2 fully saturated rings. The second kappa shape index (κ2) is 23.5. The van der Waals surface area contributed by atoms with Crippen LogP contribution in [-0.4, -0.2) is 142 Å². The highest BCUT2D eigenvalue weighted by molar-refractivity contribution is 5.77. The Labute approximate surface area is 367 Å². The maximum absolute atomic E-state index is 14.3. The Morgan fingerprint density at radius 3 is 1.23 bits per heavy atom. The first kappa shape index (κ1) is 39.2. The number of carbonyl (C=O) groups is 9. The summed E-state index contributed by atoms with van der Waals surface area (Å²) in [5, 5.41) is 0. The summed E-state index contributed by atoms with van der Waals surface area (Å²) in [5.74, 6) is -11.1. The number of ether oxygens (including phenoxy) is 13. The fraction of sp³-hybridized carbons (Fsp3) is 0.625. The zero-order valence-electron chi connectivity index (χ0n) is 41.3. The molecule has 0 aromatic heterocycles. The second-order valence-corrected chi connectivity index (χ2v) is 13.4. The smallest absolute Gasteiger partial charge is 0.316 e. The van der Waals surface area contributed by atoms with E-state index in [1.165, 1.54) is 6.92 Å². The van der Waals surface area contributed by atoms with Crippen LogP contribution in [0.4, 0.5) is 0 Å². The van der Waals surface area contributed by atoms with Gasteiger partial charge in [-0.05, 0) is 12.5 Å². The van der Waals surface area contributed by atoms with Gasteiger partial charge in [-0.1, -0.05) is 30.3 Å². The third-order valence-electron chi connectivity index (χ3n) is 8.44. The average molecular weight is 893 g/mol. The van der Waals surface area contributed by atoms with Crippen molar-refractivity contribution in [3.63, 3.8) is 0 Å². The van der Waals surface area contributed by atoms with Gasteiger partial charge in [0.2, 0.25) is 0 Å². The summed E-state index contributed by atoms with van der Waals surface area (Å²) >= 11 is 0. The molecule has 62 heavy (non-hydrogen) atoms. The van der Waals surface area contributed by atoms with E-state index in [-0.39, 0.29) is 6.61 Å². The lowest BCUT2D eigenvalue weighted by molar-refractivity contribution is -0.321. The molecule has 2 saturated heterocycles. The first-order valence-corrected chi connectivity index (χ1v) is 18.0. The van der Waals surface area contributed by atoms with E-state index in [1.54, 1.807) is 30.3 Å². The highest BCUT2D eigenvalue weighted by Gasteiger charge is 2.55. The molecule has 1 aromatic carbocycles. The average Bonchev–Trinajstić information content (AvgIpc) is 3.37. The van der Waals surface area contributed by atoms with Gasteiger partial charge in [0.05, 0.1) is 13.2 Å². The SMILES string of the molecule is [2H]CC(=O)OC[C@H]1OC(OCC(C)(COC2O[C@H](COC(=O)C[2H])[C@@H](OC(=O)C[2H])[C@H](OC(=O)C[2H])[C@H]2OC(=O)C[2H])C(=O)OCc2ccccc2)[C@H](OC(=O)C[2H])[C@@H](OC(=O)C[2H])[C@@H]1OC(=O)C[2H]. The lowest BCUT2D eigenvalue weighted by Crippen LogP contribution is -2.64. The van der Waals surface area contributed by atoms with Crippen LogP contribution in [0.15, 0.2) is 30.3 Å². The van der Waals surface area contributed by atoms with E-state index in [4.69, 9.17) is 72.5 Å². The molecule has 1 aromatic rings. The highest BCUT2D eigenvalue weighted by atomic mass is 16.8. The molecule has 0 N–H and O–H groups in total. The molecule has 0 radical (unpaired) electrons. The molecule has 2 heterocycles. The van der Waals surface area contributed by atoms with Gasteiger partial charge in [0.25, 0.3) is 0 Å². The highest BCUT2D eigenvalue weighted by Crippen LogP contribution is 2.34. The van der Waals surface area contributed by atoms with Crippen molar-refractivity contribution in [2.24, 2.45) is 5.41 Å². The van der Waals surface area contributed by atoms with Crippen LogP contribution in [0.5, 0.6) is 0 Å². The van der Waals surface area contributed by atoms with Crippen LogP contribution < -0.4 is 0 Å². The summed E-state index contributed by atoms with van der Waals surface area (Å²) in [5.41, 5.74) is -1.69. The predicted octanol–water partition coefficient (Wildman–Crippen LogP) is 0.936. The molecular weight excluding hydrogens is 832 g/mol. The number of benzene rings is 1. The minimum atomic E-state index is -2.17. The molecule has 0 saturated carbocycles. The Morgan fingerprint density at radius 2 is 0.855 bits per heavy atom. The molecule has 0 bridgehead atoms. The van der Waals surface area contributed by atoms with Crippen LogP contribution in [0.3, 0.4) is 0 Å². The fourth-order valence-corrected chi connectivity index (χ4v) is 5.95. The van der Waals surface area contributed by atoms with Crippen molar-refractivity contribution in [3.8, 4) is 0 Å².